The van der Waals surface area contributed by atoms with Crippen LogP contribution < -0.4 is 10.2 Å². The van der Waals surface area contributed by atoms with Gasteiger partial charge in [-0.3, -0.25) is 4.79 Å². The molecule has 1 amide bonds. The molecule has 2 aromatic rings. The van der Waals surface area contributed by atoms with Gasteiger partial charge in [0.1, 0.15) is 17.2 Å². The van der Waals surface area contributed by atoms with E-state index in [1.54, 1.807) is 18.3 Å². The third-order valence-corrected chi connectivity index (χ3v) is 4.07. The summed E-state index contributed by atoms with van der Waals surface area (Å²) in [5.41, 5.74) is 1.25. The zero-order valence-corrected chi connectivity index (χ0v) is 14.1. The average molecular weight is 340 g/mol. The summed E-state index contributed by atoms with van der Waals surface area (Å²) in [5.74, 6) is 0.0272. The number of pyridine rings is 2. The van der Waals surface area contributed by atoms with Crippen LogP contribution in [-0.2, 0) is 11.3 Å². The molecule has 25 heavy (non-hydrogen) atoms. The van der Waals surface area contributed by atoms with E-state index in [2.05, 4.69) is 24.9 Å². The number of amides is 1. The van der Waals surface area contributed by atoms with E-state index in [0.717, 1.165) is 24.5 Å². The quantitative estimate of drug-likeness (QED) is 0.836. The standard InChI is InChI=1S/C18H20N4O3/c1-25-18(24)15-6-4-5-14(21-15)17(23)20-12-13-7-8-19-16(11-13)22-9-2-3-10-22/h4-8,11H,2-3,9-10,12H2,1H3,(H,20,23). The maximum atomic E-state index is 12.3. The first kappa shape index (κ1) is 16.9. The molecule has 1 fully saturated rings. The lowest BCUT2D eigenvalue weighted by molar-refractivity contribution is 0.0594. The first-order valence-corrected chi connectivity index (χ1v) is 8.21. The van der Waals surface area contributed by atoms with Crippen molar-refractivity contribution in [2.75, 3.05) is 25.1 Å². The van der Waals surface area contributed by atoms with Crippen LogP contribution in [0.5, 0.6) is 0 Å². The maximum absolute atomic E-state index is 12.3. The van der Waals surface area contributed by atoms with E-state index < -0.39 is 5.97 Å². The number of carbonyl (C=O) groups is 2. The van der Waals surface area contributed by atoms with Gasteiger partial charge in [0.15, 0.2) is 0 Å². The van der Waals surface area contributed by atoms with E-state index >= 15 is 0 Å². The normalized spacial score (nSPS) is 13.6. The topological polar surface area (TPSA) is 84.4 Å². The number of rotatable bonds is 5. The minimum atomic E-state index is -0.570. The van der Waals surface area contributed by atoms with Gasteiger partial charge in [0, 0.05) is 25.8 Å². The molecule has 7 nitrogen and oxygen atoms in total. The first-order chi connectivity index (χ1) is 12.2. The summed E-state index contributed by atoms with van der Waals surface area (Å²) in [6.07, 6.45) is 4.13. The molecule has 1 aliphatic rings. The number of hydrogen-bond acceptors (Lipinski definition) is 6. The molecule has 1 saturated heterocycles. The fourth-order valence-corrected chi connectivity index (χ4v) is 2.74. The third-order valence-electron chi connectivity index (χ3n) is 4.07. The molecule has 1 N–H and O–H groups in total. The largest absolute Gasteiger partial charge is 0.464 e. The van der Waals surface area contributed by atoms with Gasteiger partial charge in [0.2, 0.25) is 0 Å². The van der Waals surface area contributed by atoms with E-state index in [-0.39, 0.29) is 17.3 Å². The van der Waals surface area contributed by atoms with Crippen LogP contribution in [0.25, 0.3) is 0 Å². The van der Waals surface area contributed by atoms with Crippen LogP contribution >= 0.6 is 0 Å². The molecule has 0 radical (unpaired) electrons. The number of carbonyl (C=O) groups excluding carboxylic acids is 2. The Kier molecular flexibility index (Phi) is 5.23. The van der Waals surface area contributed by atoms with Gasteiger partial charge in [-0.05, 0) is 42.7 Å². The highest BCUT2D eigenvalue weighted by atomic mass is 16.5. The number of nitrogens with one attached hydrogen (secondary N) is 1. The van der Waals surface area contributed by atoms with Gasteiger partial charge >= 0.3 is 5.97 Å². The summed E-state index contributed by atoms with van der Waals surface area (Å²) in [4.78, 5) is 34.4. The lowest BCUT2D eigenvalue weighted by atomic mass is 10.2. The summed E-state index contributed by atoms with van der Waals surface area (Å²) >= 11 is 0. The number of methoxy groups -OCH3 is 1. The van der Waals surface area contributed by atoms with Gasteiger partial charge in [-0.15, -0.1) is 0 Å². The molecule has 3 heterocycles. The van der Waals surface area contributed by atoms with E-state index in [0.29, 0.717) is 6.54 Å². The van der Waals surface area contributed by atoms with Crippen LogP contribution in [0.3, 0.4) is 0 Å². The molecule has 0 saturated carbocycles. The van der Waals surface area contributed by atoms with Crippen molar-refractivity contribution in [3.63, 3.8) is 0 Å². The van der Waals surface area contributed by atoms with Crippen molar-refractivity contribution in [3.05, 3.63) is 53.5 Å². The molecule has 0 bridgehead atoms. The van der Waals surface area contributed by atoms with Gasteiger partial charge in [0.25, 0.3) is 5.91 Å². The maximum Gasteiger partial charge on any atom is 0.356 e. The predicted molar refractivity (Wildman–Crippen MR) is 92.4 cm³/mol. The molecule has 130 valence electrons. The Balaban J connectivity index is 1.64. The monoisotopic (exact) mass is 340 g/mol. The number of ether oxygens (including phenoxy) is 1. The number of aromatic nitrogens is 2. The summed E-state index contributed by atoms with van der Waals surface area (Å²) in [5, 5.41) is 2.82. The van der Waals surface area contributed by atoms with Crippen LogP contribution in [0.2, 0.25) is 0 Å². The Morgan fingerprint density at radius 3 is 2.72 bits per heavy atom. The number of anilines is 1. The molecule has 0 aromatic carbocycles. The van der Waals surface area contributed by atoms with E-state index in [4.69, 9.17) is 0 Å². The van der Waals surface area contributed by atoms with Gasteiger partial charge in [-0.2, -0.15) is 0 Å². The van der Waals surface area contributed by atoms with Crippen LogP contribution in [0.15, 0.2) is 36.5 Å². The van der Waals surface area contributed by atoms with Crippen LogP contribution in [0.4, 0.5) is 5.82 Å². The SMILES string of the molecule is COC(=O)c1cccc(C(=O)NCc2ccnc(N3CCCC3)c2)n1. The fourth-order valence-electron chi connectivity index (χ4n) is 2.74. The molecule has 2 aromatic heterocycles. The molecule has 1 aliphatic heterocycles. The average Bonchev–Trinajstić information content (AvgIpc) is 3.20. The first-order valence-electron chi connectivity index (χ1n) is 8.21. The summed E-state index contributed by atoms with van der Waals surface area (Å²) in [6.45, 7) is 2.41. The van der Waals surface area contributed by atoms with E-state index in [1.807, 2.05) is 12.1 Å². The van der Waals surface area contributed by atoms with E-state index in [1.165, 1.54) is 26.0 Å². The zero-order valence-electron chi connectivity index (χ0n) is 14.1. The summed E-state index contributed by atoms with van der Waals surface area (Å²) < 4.78 is 4.62. The summed E-state index contributed by atoms with van der Waals surface area (Å²) in [7, 11) is 1.28. The van der Waals surface area contributed by atoms with Gasteiger partial charge in [0.05, 0.1) is 7.11 Å². The molecule has 3 rings (SSSR count). The molecular formula is C18H20N4O3. The minimum absolute atomic E-state index is 0.107. The minimum Gasteiger partial charge on any atom is -0.464 e. The third kappa shape index (κ3) is 4.12. The molecular weight excluding hydrogens is 320 g/mol. The van der Waals surface area contributed by atoms with Crippen LogP contribution in [-0.4, -0.2) is 42.0 Å². The number of nitrogens with zero attached hydrogens (tertiary/aromatic N) is 3. The molecule has 0 atom stereocenters. The van der Waals surface area contributed by atoms with E-state index in [9.17, 15) is 9.59 Å². The van der Waals surface area contributed by atoms with Gasteiger partial charge in [-0.25, -0.2) is 14.8 Å². The fraction of sp³-hybridized carbons (Fsp3) is 0.333. The van der Waals surface area contributed by atoms with Crippen LogP contribution in [0, 0.1) is 0 Å². The van der Waals surface area contributed by atoms with Gasteiger partial charge < -0.3 is 15.0 Å². The Morgan fingerprint density at radius 2 is 1.96 bits per heavy atom. The molecule has 0 unspecified atom stereocenters. The molecule has 0 spiro atoms. The lowest BCUT2D eigenvalue weighted by Gasteiger charge is -2.17. The van der Waals surface area contributed by atoms with Crippen molar-refractivity contribution in [3.8, 4) is 0 Å². The van der Waals surface area contributed by atoms with Crippen molar-refractivity contribution >= 4 is 17.7 Å². The highest BCUT2D eigenvalue weighted by Crippen LogP contribution is 2.18. The van der Waals surface area contributed by atoms with Crippen molar-refractivity contribution in [1.29, 1.82) is 0 Å². The summed E-state index contributed by atoms with van der Waals surface area (Å²) in [6, 6.07) is 8.53. The molecule has 0 aliphatic carbocycles. The molecule has 7 heteroatoms. The second-order valence-corrected chi connectivity index (χ2v) is 5.80. The Hall–Kier alpha value is -2.96. The predicted octanol–water partition coefficient (Wildman–Crippen LogP) is 1.79. The van der Waals surface area contributed by atoms with Crippen molar-refractivity contribution in [2.45, 2.75) is 19.4 Å². The highest BCUT2D eigenvalue weighted by Gasteiger charge is 2.15. The number of esters is 1. The van der Waals surface area contributed by atoms with Crippen molar-refractivity contribution in [1.82, 2.24) is 15.3 Å². The Bertz CT molecular complexity index is 772. The second-order valence-electron chi connectivity index (χ2n) is 5.80. The Labute approximate surface area is 146 Å². The highest BCUT2D eigenvalue weighted by molar-refractivity contribution is 5.94. The van der Waals surface area contributed by atoms with Gasteiger partial charge in [-0.1, -0.05) is 6.07 Å². The number of hydrogen-bond donors (Lipinski definition) is 1. The van der Waals surface area contributed by atoms with Crippen LogP contribution in [0.1, 0.15) is 39.4 Å². The van der Waals surface area contributed by atoms with Crippen molar-refractivity contribution < 1.29 is 14.3 Å². The lowest BCUT2D eigenvalue weighted by Crippen LogP contribution is -2.25. The second kappa shape index (κ2) is 7.74. The Morgan fingerprint density at radius 1 is 1.20 bits per heavy atom. The smallest absolute Gasteiger partial charge is 0.356 e. The van der Waals surface area contributed by atoms with Crippen molar-refractivity contribution in [2.24, 2.45) is 0 Å². The zero-order chi connectivity index (χ0) is 17.6.